The number of anilines is 1. The Kier molecular flexibility index (Phi) is 4.55. The Hall–Kier alpha value is -2.56. The Balaban J connectivity index is 1.95. The van der Waals surface area contributed by atoms with Gasteiger partial charge in [-0.15, -0.1) is 0 Å². The van der Waals surface area contributed by atoms with Crippen LogP contribution in [0, 0.1) is 0 Å². The Labute approximate surface area is 117 Å². The molecule has 0 spiro atoms. The second-order valence-electron chi connectivity index (χ2n) is 4.32. The number of nitrogen functional groups attached to an aromatic ring is 1. The fraction of sp³-hybridized carbons (Fsp3) is 0.200. The maximum atomic E-state index is 12.1. The minimum absolute atomic E-state index is 0.203. The van der Waals surface area contributed by atoms with Crippen LogP contribution in [0.5, 0.6) is 5.75 Å². The van der Waals surface area contributed by atoms with Crippen molar-refractivity contribution in [3.05, 3.63) is 53.9 Å². The molecule has 0 aliphatic heterocycles. The summed E-state index contributed by atoms with van der Waals surface area (Å²) in [5, 5.41) is 2.84. The first-order chi connectivity index (χ1) is 9.70. The van der Waals surface area contributed by atoms with Gasteiger partial charge in [0, 0.05) is 24.6 Å². The molecule has 0 unspecified atom stereocenters. The van der Waals surface area contributed by atoms with Gasteiger partial charge in [-0.1, -0.05) is 6.07 Å². The van der Waals surface area contributed by atoms with Crippen LogP contribution in [0.1, 0.15) is 15.9 Å². The molecule has 1 aromatic heterocycles. The second-order valence-corrected chi connectivity index (χ2v) is 4.32. The van der Waals surface area contributed by atoms with Crippen LogP contribution >= 0.6 is 0 Å². The maximum absolute atomic E-state index is 12.1. The molecule has 2 rings (SSSR count). The number of hydrogen-bond donors (Lipinski definition) is 2. The Morgan fingerprint density at radius 3 is 2.95 bits per heavy atom. The summed E-state index contributed by atoms with van der Waals surface area (Å²) in [6, 6.07) is 8.86. The highest BCUT2D eigenvalue weighted by atomic mass is 16.5. The molecular weight excluding hydrogens is 254 g/mol. The lowest BCUT2D eigenvalue weighted by molar-refractivity contribution is 0.0954. The summed E-state index contributed by atoms with van der Waals surface area (Å²) >= 11 is 0. The number of rotatable bonds is 5. The normalized spacial score (nSPS) is 10.1. The van der Waals surface area contributed by atoms with E-state index in [0.29, 0.717) is 23.5 Å². The predicted octanol–water partition coefficient (Wildman–Crippen LogP) is 1.64. The van der Waals surface area contributed by atoms with E-state index < -0.39 is 0 Å². The number of nitrogens with two attached hydrogens (primary N) is 1. The lowest BCUT2D eigenvalue weighted by Crippen LogP contribution is -2.26. The van der Waals surface area contributed by atoms with Gasteiger partial charge < -0.3 is 15.8 Å². The minimum atomic E-state index is -0.203. The SMILES string of the molecule is COc1ccc(N)c(C(=O)NCCc2cccnc2)c1. The minimum Gasteiger partial charge on any atom is -0.497 e. The number of carbonyl (C=O) groups is 1. The van der Waals surface area contributed by atoms with E-state index in [0.717, 1.165) is 12.0 Å². The monoisotopic (exact) mass is 271 g/mol. The van der Waals surface area contributed by atoms with Gasteiger partial charge in [-0.2, -0.15) is 0 Å². The molecule has 0 bridgehead atoms. The fourth-order valence-electron chi connectivity index (χ4n) is 1.82. The van der Waals surface area contributed by atoms with Crippen LogP contribution in [-0.2, 0) is 6.42 Å². The van der Waals surface area contributed by atoms with Crippen molar-refractivity contribution >= 4 is 11.6 Å². The zero-order valence-electron chi connectivity index (χ0n) is 11.3. The van der Waals surface area contributed by atoms with Crippen LogP contribution in [0.3, 0.4) is 0 Å². The van der Waals surface area contributed by atoms with E-state index in [4.69, 9.17) is 10.5 Å². The zero-order chi connectivity index (χ0) is 14.4. The van der Waals surface area contributed by atoms with Crippen molar-refractivity contribution in [1.29, 1.82) is 0 Å². The van der Waals surface area contributed by atoms with Crippen molar-refractivity contribution in [2.75, 3.05) is 19.4 Å². The quantitative estimate of drug-likeness (QED) is 0.810. The van der Waals surface area contributed by atoms with Gasteiger partial charge in [0.15, 0.2) is 0 Å². The number of methoxy groups -OCH3 is 1. The number of nitrogens with zero attached hydrogens (tertiary/aromatic N) is 1. The molecule has 104 valence electrons. The predicted molar refractivity (Wildman–Crippen MR) is 77.7 cm³/mol. The largest absolute Gasteiger partial charge is 0.497 e. The van der Waals surface area contributed by atoms with Crippen molar-refractivity contribution in [2.24, 2.45) is 0 Å². The molecule has 5 heteroatoms. The zero-order valence-corrected chi connectivity index (χ0v) is 11.3. The molecule has 0 saturated carbocycles. The lowest BCUT2D eigenvalue weighted by Gasteiger charge is -2.09. The number of benzene rings is 1. The molecule has 3 N–H and O–H groups in total. The number of amides is 1. The first-order valence-electron chi connectivity index (χ1n) is 6.31. The third-order valence-electron chi connectivity index (χ3n) is 2.93. The van der Waals surface area contributed by atoms with E-state index in [9.17, 15) is 4.79 Å². The first kappa shape index (κ1) is 13.9. The summed E-state index contributed by atoms with van der Waals surface area (Å²) in [6.45, 7) is 0.529. The summed E-state index contributed by atoms with van der Waals surface area (Å²) < 4.78 is 5.09. The van der Waals surface area contributed by atoms with Gasteiger partial charge >= 0.3 is 0 Å². The van der Waals surface area contributed by atoms with Gasteiger partial charge in [0.25, 0.3) is 5.91 Å². The van der Waals surface area contributed by atoms with Gasteiger partial charge in [0.2, 0.25) is 0 Å². The van der Waals surface area contributed by atoms with Crippen LogP contribution in [0.25, 0.3) is 0 Å². The van der Waals surface area contributed by atoms with E-state index in [-0.39, 0.29) is 5.91 Å². The van der Waals surface area contributed by atoms with Crippen LogP contribution < -0.4 is 15.8 Å². The molecule has 0 saturated heterocycles. The Morgan fingerprint density at radius 2 is 2.25 bits per heavy atom. The van der Waals surface area contributed by atoms with E-state index in [1.54, 1.807) is 37.7 Å². The number of hydrogen-bond acceptors (Lipinski definition) is 4. The average molecular weight is 271 g/mol. The highest BCUT2D eigenvalue weighted by molar-refractivity contribution is 5.99. The topological polar surface area (TPSA) is 77.2 Å². The first-order valence-corrected chi connectivity index (χ1v) is 6.31. The molecule has 0 fully saturated rings. The van der Waals surface area contributed by atoms with Crippen molar-refractivity contribution in [3.8, 4) is 5.75 Å². The molecule has 0 aliphatic rings. The molecule has 0 aliphatic carbocycles. The maximum Gasteiger partial charge on any atom is 0.253 e. The number of carbonyl (C=O) groups excluding carboxylic acids is 1. The molecule has 1 amide bonds. The van der Waals surface area contributed by atoms with Gasteiger partial charge in [-0.05, 0) is 36.2 Å². The molecule has 20 heavy (non-hydrogen) atoms. The molecule has 2 aromatic rings. The third kappa shape index (κ3) is 3.47. The Bertz CT molecular complexity index is 585. The van der Waals surface area contributed by atoms with Gasteiger partial charge in [-0.25, -0.2) is 0 Å². The molecule has 1 heterocycles. The lowest BCUT2D eigenvalue weighted by atomic mass is 10.1. The summed E-state index contributed by atoms with van der Waals surface area (Å²) in [4.78, 5) is 16.1. The molecule has 5 nitrogen and oxygen atoms in total. The highest BCUT2D eigenvalue weighted by Gasteiger charge is 2.10. The number of ether oxygens (including phenoxy) is 1. The van der Waals surface area contributed by atoms with Crippen LogP contribution in [0.4, 0.5) is 5.69 Å². The number of nitrogens with one attached hydrogen (secondary N) is 1. The van der Waals surface area contributed by atoms with E-state index in [2.05, 4.69) is 10.3 Å². The van der Waals surface area contributed by atoms with E-state index in [1.807, 2.05) is 12.1 Å². The Morgan fingerprint density at radius 1 is 1.40 bits per heavy atom. The van der Waals surface area contributed by atoms with Crippen LogP contribution in [0.2, 0.25) is 0 Å². The van der Waals surface area contributed by atoms with Gasteiger partial charge in [0.05, 0.1) is 12.7 Å². The number of aromatic nitrogens is 1. The summed E-state index contributed by atoms with van der Waals surface area (Å²) in [7, 11) is 1.55. The molecular formula is C15H17N3O2. The number of pyridine rings is 1. The average Bonchev–Trinajstić information content (AvgIpc) is 2.48. The van der Waals surface area contributed by atoms with Gasteiger partial charge in [-0.3, -0.25) is 9.78 Å². The standard InChI is InChI=1S/C15H17N3O2/c1-20-12-4-5-14(16)13(9-12)15(19)18-8-6-11-3-2-7-17-10-11/h2-5,7,9-10H,6,8,16H2,1H3,(H,18,19). The summed E-state index contributed by atoms with van der Waals surface area (Å²) in [5.41, 5.74) is 7.74. The van der Waals surface area contributed by atoms with Gasteiger partial charge in [0.1, 0.15) is 5.75 Å². The van der Waals surface area contributed by atoms with Crippen molar-refractivity contribution in [3.63, 3.8) is 0 Å². The second kappa shape index (κ2) is 6.56. The molecule has 1 aromatic carbocycles. The fourth-order valence-corrected chi connectivity index (χ4v) is 1.82. The molecule has 0 atom stereocenters. The highest BCUT2D eigenvalue weighted by Crippen LogP contribution is 2.19. The van der Waals surface area contributed by atoms with Crippen molar-refractivity contribution in [1.82, 2.24) is 10.3 Å². The van der Waals surface area contributed by atoms with E-state index >= 15 is 0 Å². The van der Waals surface area contributed by atoms with Crippen molar-refractivity contribution in [2.45, 2.75) is 6.42 Å². The smallest absolute Gasteiger partial charge is 0.253 e. The van der Waals surface area contributed by atoms with Crippen molar-refractivity contribution < 1.29 is 9.53 Å². The third-order valence-corrected chi connectivity index (χ3v) is 2.93. The molecule has 0 radical (unpaired) electrons. The van der Waals surface area contributed by atoms with Crippen LogP contribution in [-0.4, -0.2) is 24.5 Å². The van der Waals surface area contributed by atoms with E-state index in [1.165, 1.54) is 0 Å². The van der Waals surface area contributed by atoms with Crippen LogP contribution in [0.15, 0.2) is 42.7 Å². The summed E-state index contributed by atoms with van der Waals surface area (Å²) in [5.74, 6) is 0.405. The summed E-state index contributed by atoms with van der Waals surface area (Å²) in [6.07, 6.45) is 4.23.